The molecule has 9 N–H and O–H groups in total. The molecule has 12 unspecified atom stereocenters. The normalized spacial score (nSPS) is 21.9. The molecule has 2 rings (SSSR count). The molecule has 2 aliphatic heterocycles. The molecule has 14 nitrogen and oxygen atoms in total. The van der Waals surface area contributed by atoms with Gasteiger partial charge in [0.2, 0.25) is 5.91 Å². The minimum atomic E-state index is -1.78. The lowest BCUT2D eigenvalue weighted by Crippen LogP contribution is -2.65. The largest absolute Gasteiger partial charge is 0.394 e. The maximum atomic E-state index is 13.4. The molecule has 2 saturated heterocycles. The molecule has 0 aromatic heterocycles. The van der Waals surface area contributed by atoms with Gasteiger partial charge in [-0.1, -0.05) is 418 Å². The van der Waals surface area contributed by atoms with Crippen molar-refractivity contribution in [1.82, 2.24) is 5.32 Å². The Morgan fingerprint density at radius 2 is 0.582 bits per heavy atom. The van der Waals surface area contributed by atoms with Crippen LogP contribution in [0.1, 0.15) is 438 Å². The molecule has 0 aliphatic carbocycles. The summed E-state index contributed by atoms with van der Waals surface area (Å²) >= 11 is 0. The number of carbonyl (C=O) groups excluding carboxylic acids is 1. The van der Waals surface area contributed by atoms with E-state index in [4.69, 9.17) is 18.9 Å². The van der Waals surface area contributed by atoms with Crippen LogP contribution >= 0.6 is 0 Å². The maximum Gasteiger partial charge on any atom is 0.220 e. The molecule has 2 heterocycles. The summed E-state index contributed by atoms with van der Waals surface area (Å²) in [5, 5.41) is 87.9. The Bertz CT molecular complexity index is 1650. The average Bonchev–Trinajstić information content (AvgIpc) is 0.793. The van der Waals surface area contributed by atoms with E-state index in [2.05, 4.69) is 19.2 Å². The SMILES string of the molecule is CCCCCCCCCCCCCCCCCCCCCCCCCCCCCCCCCCCCCCCCCC(=O)NC(COC1OC(CO)C(OC2OC(CO)C(O)C(O)C2O)C(O)C1O)C(O)CCCCCCCCCCCCCCCCCCCCCCCCCCC. The molecule has 0 bridgehead atoms. The van der Waals surface area contributed by atoms with Crippen LogP contribution in [-0.4, -0.2) is 140 Å². The lowest BCUT2D eigenvalue weighted by molar-refractivity contribution is -0.359. The molecular weight excluding hydrogens is 1230 g/mol. The van der Waals surface area contributed by atoms with Gasteiger partial charge < -0.3 is 65.1 Å². The van der Waals surface area contributed by atoms with E-state index in [9.17, 15) is 45.6 Å². The van der Waals surface area contributed by atoms with Gasteiger partial charge in [0.1, 0.15) is 48.8 Å². The molecular formula is C84H165NO13. The van der Waals surface area contributed by atoms with Gasteiger partial charge in [-0.05, 0) is 12.8 Å². The molecule has 2 aliphatic rings. The molecule has 14 heteroatoms. The van der Waals surface area contributed by atoms with Crippen LogP contribution in [0.25, 0.3) is 0 Å². The van der Waals surface area contributed by atoms with Crippen LogP contribution in [0.4, 0.5) is 0 Å². The van der Waals surface area contributed by atoms with Crippen LogP contribution in [0.2, 0.25) is 0 Å². The molecule has 12 atom stereocenters. The monoisotopic (exact) mass is 1400 g/mol. The summed E-state index contributed by atoms with van der Waals surface area (Å²) in [4.78, 5) is 13.4. The molecule has 0 aromatic carbocycles. The second-order valence-corrected chi connectivity index (χ2v) is 31.0. The van der Waals surface area contributed by atoms with E-state index in [0.29, 0.717) is 12.8 Å². The van der Waals surface area contributed by atoms with E-state index in [-0.39, 0.29) is 12.5 Å². The predicted octanol–water partition coefficient (Wildman–Crippen LogP) is 20.3. The lowest BCUT2D eigenvalue weighted by atomic mass is 9.97. The molecule has 2 fully saturated rings. The van der Waals surface area contributed by atoms with Gasteiger partial charge in [-0.15, -0.1) is 0 Å². The highest BCUT2D eigenvalue weighted by atomic mass is 16.7. The zero-order chi connectivity index (χ0) is 70.8. The van der Waals surface area contributed by atoms with Crippen molar-refractivity contribution in [3.8, 4) is 0 Å². The van der Waals surface area contributed by atoms with Gasteiger partial charge >= 0.3 is 0 Å². The minimum absolute atomic E-state index is 0.194. The van der Waals surface area contributed by atoms with Crippen molar-refractivity contribution in [2.45, 2.75) is 511 Å². The Labute approximate surface area is 604 Å². The maximum absolute atomic E-state index is 13.4. The summed E-state index contributed by atoms with van der Waals surface area (Å²) in [6.45, 7) is 2.95. The number of aliphatic hydroxyl groups excluding tert-OH is 8. The van der Waals surface area contributed by atoms with Crippen LogP contribution < -0.4 is 5.32 Å². The van der Waals surface area contributed by atoms with E-state index >= 15 is 0 Å². The average molecular weight is 1400 g/mol. The number of amides is 1. The predicted molar refractivity (Wildman–Crippen MR) is 406 cm³/mol. The Balaban J connectivity index is 1.54. The molecule has 0 saturated carbocycles. The first-order chi connectivity index (χ1) is 48.1. The molecule has 0 aromatic rings. The molecule has 0 radical (unpaired) electrons. The van der Waals surface area contributed by atoms with Crippen molar-refractivity contribution in [1.29, 1.82) is 0 Å². The van der Waals surface area contributed by atoms with Crippen LogP contribution in [0.5, 0.6) is 0 Å². The first-order valence-electron chi connectivity index (χ1n) is 43.3. The van der Waals surface area contributed by atoms with Crippen LogP contribution in [-0.2, 0) is 23.7 Å². The van der Waals surface area contributed by atoms with Gasteiger partial charge in [0.25, 0.3) is 0 Å². The topological polar surface area (TPSA) is 228 Å². The third-order valence-electron chi connectivity index (χ3n) is 21.8. The highest BCUT2D eigenvalue weighted by molar-refractivity contribution is 5.76. The number of hydrogen-bond acceptors (Lipinski definition) is 13. The molecule has 1 amide bonds. The van der Waals surface area contributed by atoms with Crippen molar-refractivity contribution < 1.29 is 64.6 Å². The van der Waals surface area contributed by atoms with Crippen LogP contribution in [0.3, 0.4) is 0 Å². The Morgan fingerprint density at radius 3 is 0.867 bits per heavy atom. The lowest BCUT2D eigenvalue weighted by Gasteiger charge is -2.46. The van der Waals surface area contributed by atoms with Crippen molar-refractivity contribution in [2.75, 3.05) is 19.8 Å². The van der Waals surface area contributed by atoms with E-state index in [1.165, 1.54) is 360 Å². The number of unbranched alkanes of at least 4 members (excludes halogenated alkanes) is 62. The van der Waals surface area contributed by atoms with Crippen molar-refractivity contribution in [3.05, 3.63) is 0 Å². The zero-order valence-corrected chi connectivity index (χ0v) is 64.3. The highest BCUT2D eigenvalue weighted by Gasteiger charge is 2.51. The van der Waals surface area contributed by atoms with E-state index < -0.39 is 86.8 Å². The van der Waals surface area contributed by atoms with Gasteiger partial charge in [-0.3, -0.25) is 4.79 Å². The van der Waals surface area contributed by atoms with Crippen molar-refractivity contribution >= 4 is 5.91 Å². The summed E-state index contributed by atoms with van der Waals surface area (Å²) in [5.74, 6) is -0.194. The van der Waals surface area contributed by atoms with Gasteiger partial charge in [-0.2, -0.15) is 0 Å². The Morgan fingerprint density at radius 1 is 0.327 bits per heavy atom. The standard InChI is InChI=1S/C84H165NO13/c1-3-5-7-9-11-13-15-17-19-21-23-25-27-29-30-31-32-33-34-35-36-37-38-39-40-41-42-44-46-48-50-52-54-56-58-60-62-64-66-68-76(89)85-72(71-95-83-81(94)79(92)82(75(70-87)97-83)98-84-80(93)78(91)77(90)74(69-86)96-84)73(88)67-65-63-61-59-57-55-53-51-49-47-45-43-28-26-24-22-20-18-16-14-12-10-8-6-4-2/h72-75,77-84,86-88,90-94H,3-71H2,1-2H3,(H,85,89). The van der Waals surface area contributed by atoms with Crippen LogP contribution in [0, 0.1) is 0 Å². The number of ether oxygens (including phenoxy) is 4. The quantitative estimate of drug-likeness (QED) is 0.0259. The highest BCUT2D eigenvalue weighted by Crippen LogP contribution is 2.31. The van der Waals surface area contributed by atoms with Gasteiger partial charge in [0.05, 0.1) is 32.0 Å². The summed E-state index contributed by atoms with van der Waals surface area (Å²) in [6.07, 6.45) is 70.4. The first-order valence-corrected chi connectivity index (χ1v) is 43.3. The van der Waals surface area contributed by atoms with Gasteiger partial charge in [0.15, 0.2) is 12.6 Å². The number of nitrogens with one attached hydrogen (secondary N) is 1. The number of aliphatic hydroxyl groups is 8. The van der Waals surface area contributed by atoms with E-state index in [1.807, 2.05) is 0 Å². The fraction of sp³-hybridized carbons (Fsp3) is 0.988. The fourth-order valence-corrected chi connectivity index (χ4v) is 15.0. The summed E-state index contributed by atoms with van der Waals surface area (Å²) < 4.78 is 23.0. The number of hydrogen-bond donors (Lipinski definition) is 9. The number of rotatable bonds is 75. The minimum Gasteiger partial charge on any atom is -0.394 e. The second-order valence-electron chi connectivity index (χ2n) is 31.0. The Hall–Kier alpha value is -1.01. The zero-order valence-electron chi connectivity index (χ0n) is 64.3. The van der Waals surface area contributed by atoms with Gasteiger partial charge in [0, 0.05) is 6.42 Å². The first kappa shape index (κ1) is 93.1. The van der Waals surface area contributed by atoms with E-state index in [1.54, 1.807) is 0 Å². The summed E-state index contributed by atoms with van der Waals surface area (Å²) in [6, 6.07) is -0.826. The number of carbonyl (C=O) groups is 1. The second kappa shape index (κ2) is 69.1. The smallest absolute Gasteiger partial charge is 0.220 e. The van der Waals surface area contributed by atoms with E-state index in [0.717, 1.165) is 51.4 Å². The third kappa shape index (κ3) is 51.2. The van der Waals surface area contributed by atoms with Crippen molar-refractivity contribution in [2.24, 2.45) is 0 Å². The molecule has 584 valence electrons. The van der Waals surface area contributed by atoms with Crippen molar-refractivity contribution in [3.63, 3.8) is 0 Å². The molecule has 98 heavy (non-hydrogen) atoms. The summed E-state index contributed by atoms with van der Waals surface area (Å²) in [5.41, 5.74) is 0. The van der Waals surface area contributed by atoms with Gasteiger partial charge in [-0.25, -0.2) is 0 Å². The third-order valence-corrected chi connectivity index (χ3v) is 21.8. The Kier molecular flexibility index (Phi) is 65.6. The fourth-order valence-electron chi connectivity index (χ4n) is 15.0. The van der Waals surface area contributed by atoms with Crippen LogP contribution in [0.15, 0.2) is 0 Å². The summed E-state index contributed by atoms with van der Waals surface area (Å²) in [7, 11) is 0. The molecule has 0 spiro atoms.